The lowest BCUT2D eigenvalue weighted by molar-refractivity contribution is 0.0686. The Labute approximate surface area is 101 Å². The van der Waals surface area contributed by atoms with Crippen LogP contribution in [0.2, 0.25) is 0 Å². The average molecular weight is 281 g/mol. The average Bonchev–Trinajstić information content (AvgIpc) is 2.61. The van der Waals surface area contributed by atoms with Gasteiger partial charge in [-0.1, -0.05) is 28.1 Å². The van der Waals surface area contributed by atoms with Gasteiger partial charge in [-0.25, -0.2) is 4.79 Å². The maximum atomic E-state index is 11.1. The zero-order chi connectivity index (χ0) is 11.7. The third kappa shape index (κ3) is 1.86. The van der Waals surface area contributed by atoms with Crippen LogP contribution in [0, 0.1) is 0 Å². The molecule has 82 valence electrons. The number of carboxylic acid groups (broad SMARTS) is 1. The van der Waals surface area contributed by atoms with Crippen molar-refractivity contribution in [2.24, 2.45) is 7.05 Å². The number of carbonyl (C=O) groups is 1. The summed E-state index contributed by atoms with van der Waals surface area (Å²) in [5, 5.41) is 13.0. The molecule has 0 fully saturated rings. The van der Waals surface area contributed by atoms with Crippen molar-refractivity contribution in [2.45, 2.75) is 0 Å². The van der Waals surface area contributed by atoms with E-state index >= 15 is 0 Å². The third-order valence-corrected chi connectivity index (χ3v) is 2.83. The Morgan fingerprint density at radius 1 is 1.38 bits per heavy atom. The standard InChI is InChI=1S/C11H9BrN2O2/c1-14-10(11(15)16)9(6-13-14)7-2-4-8(12)5-3-7/h2-6H,1H3,(H,15,16). The zero-order valence-corrected chi connectivity index (χ0v) is 10.1. The van der Waals surface area contributed by atoms with E-state index in [9.17, 15) is 4.79 Å². The van der Waals surface area contributed by atoms with E-state index in [2.05, 4.69) is 21.0 Å². The zero-order valence-electron chi connectivity index (χ0n) is 8.51. The Kier molecular flexibility index (Phi) is 2.78. The number of hydrogen-bond donors (Lipinski definition) is 1. The van der Waals surface area contributed by atoms with Gasteiger partial charge in [0.05, 0.1) is 6.20 Å². The molecule has 1 aromatic heterocycles. The first kappa shape index (κ1) is 10.9. The molecule has 0 saturated carbocycles. The summed E-state index contributed by atoms with van der Waals surface area (Å²) >= 11 is 3.33. The molecule has 0 bridgehead atoms. The highest BCUT2D eigenvalue weighted by Crippen LogP contribution is 2.24. The molecule has 0 atom stereocenters. The Hall–Kier alpha value is -1.62. The second-order valence-corrected chi connectivity index (χ2v) is 4.26. The molecule has 1 N–H and O–H groups in total. The van der Waals surface area contributed by atoms with Crippen LogP contribution in [0.3, 0.4) is 0 Å². The number of nitrogens with zero attached hydrogens (tertiary/aromatic N) is 2. The number of carboxylic acids is 1. The van der Waals surface area contributed by atoms with Crippen LogP contribution < -0.4 is 0 Å². The molecular formula is C11H9BrN2O2. The topological polar surface area (TPSA) is 55.1 Å². The lowest BCUT2D eigenvalue weighted by Gasteiger charge is -2.01. The van der Waals surface area contributed by atoms with E-state index in [4.69, 9.17) is 5.11 Å². The largest absolute Gasteiger partial charge is 0.477 e. The van der Waals surface area contributed by atoms with Crippen LogP contribution in [-0.4, -0.2) is 20.9 Å². The van der Waals surface area contributed by atoms with Crippen molar-refractivity contribution in [3.05, 3.63) is 40.6 Å². The van der Waals surface area contributed by atoms with E-state index in [0.717, 1.165) is 10.0 Å². The van der Waals surface area contributed by atoms with E-state index in [-0.39, 0.29) is 5.69 Å². The van der Waals surface area contributed by atoms with Gasteiger partial charge in [0.15, 0.2) is 5.69 Å². The summed E-state index contributed by atoms with van der Waals surface area (Å²) in [6.45, 7) is 0. The maximum absolute atomic E-state index is 11.1. The molecule has 4 nitrogen and oxygen atoms in total. The van der Waals surface area contributed by atoms with Gasteiger partial charge in [0.1, 0.15) is 0 Å². The fraction of sp³-hybridized carbons (Fsp3) is 0.0909. The molecule has 16 heavy (non-hydrogen) atoms. The van der Waals surface area contributed by atoms with Crippen molar-refractivity contribution in [2.75, 3.05) is 0 Å². The first-order chi connectivity index (χ1) is 7.59. The van der Waals surface area contributed by atoms with Gasteiger partial charge < -0.3 is 5.11 Å². The number of aromatic nitrogens is 2. The first-order valence-corrected chi connectivity index (χ1v) is 5.40. The van der Waals surface area contributed by atoms with Gasteiger partial charge in [0, 0.05) is 17.1 Å². The van der Waals surface area contributed by atoms with Gasteiger partial charge >= 0.3 is 5.97 Å². The molecule has 0 radical (unpaired) electrons. The van der Waals surface area contributed by atoms with E-state index in [0.29, 0.717) is 5.56 Å². The molecule has 2 aromatic rings. The number of hydrogen-bond acceptors (Lipinski definition) is 2. The summed E-state index contributed by atoms with van der Waals surface area (Å²) in [5.41, 5.74) is 1.67. The summed E-state index contributed by atoms with van der Waals surface area (Å²) in [5.74, 6) is -0.974. The SMILES string of the molecule is Cn1ncc(-c2ccc(Br)cc2)c1C(=O)O. The summed E-state index contributed by atoms with van der Waals surface area (Å²) in [4.78, 5) is 11.1. The highest BCUT2D eigenvalue weighted by molar-refractivity contribution is 9.10. The van der Waals surface area contributed by atoms with E-state index < -0.39 is 5.97 Å². The van der Waals surface area contributed by atoms with Crippen molar-refractivity contribution in [3.63, 3.8) is 0 Å². The van der Waals surface area contributed by atoms with Crippen molar-refractivity contribution in [3.8, 4) is 11.1 Å². The smallest absolute Gasteiger partial charge is 0.354 e. The number of rotatable bonds is 2. The summed E-state index contributed by atoms with van der Waals surface area (Å²) < 4.78 is 2.32. The Morgan fingerprint density at radius 2 is 2.00 bits per heavy atom. The Morgan fingerprint density at radius 3 is 2.56 bits per heavy atom. The molecule has 0 aliphatic rings. The van der Waals surface area contributed by atoms with Crippen molar-refractivity contribution >= 4 is 21.9 Å². The van der Waals surface area contributed by atoms with Crippen LogP contribution in [0.15, 0.2) is 34.9 Å². The second kappa shape index (κ2) is 4.09. The quantitative estimate of drug-likeness (QED) is 0.920. The third-order valence-electron chi connectivity index (χ3n) is 2.30. The van der Waals surface area contributed by atoms with Crippen LogP contribution in [0.5, 0.6) is 0 Å². The summed E-state index contributed by atoms with van der Waals surface area (Å²) in [7, 11) is 1.62. The minimum atomic E-state index is -0.974. The van der Waals surface area contributed by atoms with Crippen LogP contribution in [0.1, 0.15) is 10.5 Å². The van der Waals surface area contributed by atoms with Crippen LogP contribution in [0.4, 0.5) is 0 Å². The fourth-order valence-corrected chi connectivity index (χ4v) is 1.80. The molecule has 0 saturated heterocycles. The van der Waals surface area contributed by atoms with Gasteiger partial charge in [-0.05, 0) is 17.7 Å². The number of aromatic carboxylic acids is 1. The first-order valence-electron chi connectivity index (χ1n) is 4.61. The summed E-state index contributed by atoms with van der Waals surface area (Å²) in [6, 6.07) is 7.45. The Bertz CT molecular complexity index is 531. The van der Waals surface area contributed by atoms with Crippen molar-refractivity contribution in [1.29, 1.82) is 0 Å². The lowest BCUT2D eigenvalue weighted by atomic mass is 10.1. The van der Waals surface area contributed by atoms with Gasteiger partial charge in [0.25, 0.3) is 0 Å². The van der Waals surface area contributed by atoms with E-state index in [1.165, 1.54) is 4.68 Å². The predicted octanol–water partition coefficient (Wildman–Crippen LogP) is 2.55. The fourth-order valence-electron chi connectivity index (χ4n) is 1.53. The maximum Gasteiger partial charge on any atom is 0.354 e. The molecule has 1 heterocycles. The van der Waals surface area contributed by atoms with E-state index in [1.54, 1.807) is 13.2 Å². The minimum absolute atomic E-state index is 0.197. The number of benzene rings is 1. The van der Waals surface area contributed by atoms with E-state index in [1.807, 2.05) is 24.3 Å². The second-order valence-electron chi connectivity index (χ2n) is 3.34. The van der Waals surface area contributed by atoms with Crippen molar-refractivity contribution < 1.29 is 9.90 Å². The van der Waals surface area contributed by atoms with Crippen molar-refractivity contribution in [1.82, 2.24) is 9.78 Å². The highest BCUT2D eigenvalue weighted by Gasteiger charge is 2.16. The molecule has 0 spiro atoms. The summed E-state index contributed by atoms with van der Waals surface area (Å²) in [6.07, 6.45) is 1.56. The van der Waals surface area contributed by atoms with Crippen LogP contribution >= 0.6 is 15.9 Å². The number of aryl methyl sites for hydroxylation is 1. The predicted molar refractivity (Wildman–Crippen MR) is 63.3 cm³/mol. The molecule has 0 aliphatic heterocycles. The molecular weight excluding hydrogens is 272 g/mol. The number of halogens is 1. The van der Waals surface area contributed by atoms with Crippen LogP contribution in [0.25, 0.3) is 11.1 Å². The molecule has 0 amide bonds. The molecule has 0 unspecified atom stereocenters. The lowest BCUT2D eigenvalue weighted by Crippen LogP contribution is -2.06. The monoisotopic (exact) mass is 280 g/mol. The molecule has 1 aromatic carbocycles. The Balaban J connectivity index is 2.56. The van der Waals surface area contributed by atoms with Gasteiger partial charge in [0.2, 0.25) is 0 Å². The molecule has 0 aliphatic carbocycles. The molecule has 5 heteroatoms. The minimum Gasteiger partial charge on any atom is -0.477 e. The van der Waals surface area contributed by atoms with Gasteiger partial charge in [-0.3, -0.25) is 4.68 Å². The van der Waals surface area contributed by atoms with Gasteiger partial charge in [-0.15, -0.1) is 0 Å². The molecule has 2 rings (SSSR count). The highest BCUT2D eigenvalue weighted by atomic mass is 79.9. The normalized spacial score (nSPS) is 10.4. The van der Waals surface area contributed by atoms with Crippen LogP contribution in [-0.2, 0) is 7.05 Å². The van der Waals surface area contributed by atoms with Gasteiger partial charge in [-0.2, -0.15) is 5.10 Å².